The van der Waals surface area contributed by atoms with E-state index < -0.39 is 10.1 Å². The van der Waals surface area contributed by atoms with Gasteiger partial charge in [0.2, 0.25) is 0 Å². The average Bonchev–Trinajstić information content (AvgIpc) is 2.46. The predicted octanol–water partition coefficient (Wildman–Crippen LogP) is 3.07. The molecule has 0 heterocycles. The first-order chi connectivity index (χ1) is 9.59. The zero-order chi connectivity index (χ0) is 14.4. The second kappa shape index (κ2) is 6.25. The minimum absolute atomic E-state index is 0.284. The molecule has 20 heavy (non-hydrogen) atoms. The van der Waals surface area contributed by atoms with Gasteiger partial charge in [-0.2, -0.15) is 8.42 Å². The Hall–Kier alpha value is -2.27. The van der Waals surface area contributed by atoms with Gasteiger partial charge in [-0.25, -0.2) is 0 Å². The molecule has 0 atom stereocenters. The van der Waals surface area contributed by atoms with E-state index in [1.165, 1.54) is 6.08 Å². The van der Waals surface area contributed by atoms with Gasteiger partial charge in [-0.3, -0.25) is 0 Å². The summed E-state index contributed by atoms with van der Waals surface area (Å²) in [7, 11) is -2.19. The highest BCUT2D eigenvalue weighted by Gasteiger charge is 2.07. The Morgan fingerprint density at radius 2 is 1.55 bits per heavy atom. The SMILES string of the molecule is COc1ccc(C=CS(=O)(=O)Oc2ccccc2)cc1. The minimum Gasteiger partial charge on any atom is -0.497 e. The Morgan fingerprint density at radius 3 is 2.15 bits per heavy atom. The second-order valence-corrected chi connectivity index (χ2v) is 5.39. The Labute approximate surface area is 118 Å². The van der Waals surface area contributed by atoms with Crippen LogP contribution in [0.15, 0.2) is 60.0 Å². The van der Waals surface area contributed by atoms with Gasteiger partial charge in [0, 0.05) is 0 Å². The van der Waals surface area contributed by atoms with Gasteiger partial charge in [0.15, 0.2) is 0 Å². The van der Waals surface area contributed by atoms with Gasteiger partial charge < -0.3 is 8.92 Å². The fourth-order valence-electron chi connectivity index (χ4n) is 1.51. The van der Waals surface area contributed by atoms with Crippen LogP contribution >= 0.6 is 0 Å². The van der Waals surface area contributed by atoms with Gasteiger partial charge in [-0.1, -0.05) is 30.3 Å². The van der Waals surface area contributed by atoms with E-state index in [1.54, 1.807) is 61.7 Å². The molecule has 0 aliphatic carbocycles. The first kappa shape index (κ1) is 14.1. The number of rotatable bonds is 5. The third kappa shape index (κ3) is 4.13. The van der Waals surface area contributed by atoms with Crippen molar-refractivity contribution < 1.29 is 17.3 Å². The third-order valence-electron chi connectivity index (χ3n) is 2.50. The summed E-state index contributed by atoms with van der Waals surface area (Å²) in [5, 5.41) is 1.03. The van der Waals surface area contributed by atoms with Gasteiger partial charge in [0.05, 0.1) is 12.5 Å². The van der Waals surface area contributed by atoms with Crippen molar-refractivity contribution in [2.75, 3.05) is 7.11 Å². The Kier molecular flexibility index (Phi) is 4.42. The van der Waals surface area contributed by atoms with Crippen molar-refractivity contribution in [3.63, 3.8) is 0 Å². The van der Waals surface area contributed by atoms with Crippen LogP contribution in [0.5, 0.6) is 11.5 Å². The molecule has 0 fully saturated rings. The van der Waals surface area contributed by atoms with Crippen molar-refractivity contribution in [3.05, 3.63) is 65.6 Å². The lowest BCUT2D eigenvalue weighted by atomic mass is 10.2. The summed E-state index contributed by atoms with van der Waals surface area (Å²) in [5.74, 6) is 0.998. The summed E-state index contributed by atoms with van der Waals surface area (Å²) in [5.41, 5.74) is 0.742. The number of para-hydroxylation sites is 1. The Balaban J connectivity index is 2.09. The zero-order valence-corrected chi connectivity index (χ0v) is 11.7. The van der Waals surface area contributed by atoms with Crippen molar-refractivity contribution in [1.82, 2.24) is 0 Å². The molecule has 0 unspecified atom stereocenters. The van der Waals surface area contributed by atoms with E-state index in [1.807, 2.05) is 0 Å². The van der Waals surface area contributed by atoms with Crippen LogP contribution in [0.3, 0.4) is 0 Å². The van der Waals surface area contributed by atoms with Gasteiger partial charge in [-0.05, 0) is 35.9 Å². The molecule has 2 rings (SSSR count). The van der Waals surface area contributed by atoms with Crippen LogP contribution in [0, 0.1) is 0 Å². The number of ether oxygens (including phenoxy) is 1. The molecule has 0 radical (unpaired) electrons. The molecule has 2 aromatic rings. The normalized spacial score (nSPS) is 11.4. The number of hydrogen-bond acceptors (Lipinski definition) is 4. The van der Waals surface area contributed by atoms with Crippen LogP contribution in [0.4, 0.5) is 0 Å². The fraction of sp³-hybridized carbons (Fsp3) is 0.0667. The van der Waals surface area contributed by atoms with Crippen molar-refractivity contribution >= 4 is 16.2 Å². The van der Waals surface area contributed by atoms with Crippen LogP contribution in [0.2, 0.25) is 0 Å². The van der Waals surface area contributed by atoms with E-state index >= 15 is 0 Å². The lowest BCUT2D eigenvalue weighted by Gasteiger charge is -2.02. The van der Waals surface area contributed by atoms with Crippen LogP contribution in [-0.2, 0) is 10.1 Å². The highest BCUT2D eigenvalue weighted by atomic mass is 32.2. The number of hydrogen-bond donors (Lipinski definition) is 0. The summed E-state index contributed by atoms with van der Waals surface area (Å²) >= 11 is 0. The molecule has 0 aliphatic heterocycles. The quantitative estimate of drug-likeness (QED) is 0.794. The van der Waals surface area contributed by atoms with E-state index in [4.69, 9.17) is 8.92 Å². The fourth-order valence-corrected chi connectivity index (χ4v) is 2.27. The van der Waals surface area contributed by atoms with E-state index in [0.717, 1.165) is 11.0 Å². The van der Waals surface area contributed by atoms with Crippen LogP contribution in [-0.4, -0.2) is 15.5 Å². The van der Waals surface area contributed by atoms with Gasteiger partial charge >= 0.3 is 10.1 Å². The molecular weight excluding hydrogens is 276 g/mol. The van der Waals surface area contributed by atoms with Gasteiger partial charge in [-0.15, -0.1) is 0 Å². The highest BCUT2D eigenvalue weighted by molar-refractivity contribution is 7.90. The molecule has 0 spiro atoms. The smallest absolute Gasteiger partial charge is 0.332 e. The summed E-state index contributed by atoms with van der Waals surface area (Å²) in [6.45, 7) is 0. The minimum atomic E-state index is -3.76. The van der Waals surface area contributed by atoms with Gasteiger partial charge in [0.25, 0.3) is 0 Å². The third-order valence-corrected chi connectivity index (χ3v) is 3.39. The summed E-state index contributed by atoms with van der Waals surface area (Å²) in [4.78, 5) is 0. The molecular formula is C15H14O4S. The van der Waals surface area contributed by atoms with Crippen molar-refractivity contribution in [2.24, 2.45) is 0 Å². The summed E-state index contributed by atoms with van der Waals surface area (Å²) in [6, 6.07) is 15.4. The average molecular weight is 290 g/mol. The van der Waals surface area contributed by atoms with E-state index in [9.17, 15) is 8.42 Å². The van der Waals surface area contributed by atoms with Gasteiger partial charge in [0.1, 0.15) is 11.5 Å². The molecule has 5 heteroatoms. The van der Waals surface area contributed by atoms with Crippen LogP contribution in [0.25, 0.3) is 6.08 Å². The lowest BCUT2D eigenvalue weighted by Crippen LogP contribution is -2.04. The van der Waals surface area contributed by atoms with E-state index in [-0.39, 0.29) is 5.75 Å². The molecule has 0 amide bonds. The maximum absolute atomic E-state index is 11.8. The molecule has 4 nitrogen and oxygen atoms in total. The van der Waals surface area contributed by atoms with Crippen molar-refractivity contribution in [3.8, 4) is 11.5 Å². The zero-order valence-electron chi connectivity index (χ0n) is 10.9. The molecule has 0 saturated carbocycles. The molecule has 0 bridgehead atoms. The van der Waals surface area contributed by atoms with Crippen molar-refractivity contribution in [1.29, 1.82) is 0 Å². The standard InChI is InChI=1S/C15H14O4S/c1-18-14-9-7-13(8-10-14)11-12-20(16,17)19-15-5-3-2-4-6-15/h2-12H,1H3. The second-order valence-electron chi connectivity index (χ2n) is 3.97. The number of methoxy groups -OCH3 is 1. The monoisotopic (exact) mass is 290 g/mol. The molecule has 2 aromatic carbocycles. The molecule has 0 saturated heterocycles. The topological polar surface area (TPSA) is 52.6 Å². The molecule has 0 N–H and O–H groups in total. The Bertz CT molecular complexity index is 674. The van der Waals surface area contributed by atoms with E-state index in [0.29, 0.717) is 5.75 Å². The summed E-state index contributed by atoms with van der Waals surface area (Å²) in [6.07, 6.45) is 1.47. The lowest BCUT2D eigenvalue weighted by molar-refractivity contribution is 0.415. The largest absolute Gasteiger partial charge is 0.497 e. The Morgan fingerprint density at radius 1 is 0.900 bits per heavy atom. The maximum atomic E-state index is 11.8. The number of benzene rings is 2. The van der Waals surface area contributed by atoms with Crippen LogP contribution in [0.1, 0.15) is 5.56 Å². The van der Waals surface area contributed by atoms with E-state index in [2.05, 4.69) is 0 Å². The molecule has 104 valence electrons. The first-order valence-corrected chi connectivity index (χ1v) is 7.38. The van der Waals surface area contributed by atoms with Crippen molar-refractivity contribution in [2.45, 2.75) is 0 Å². The molecule has 0 aromatic heterocycles. The molecule has 0 aliphatic rings. The predicted molar refractivity (Wildman–Crippen MR) is 78.0 cm³/mol. The van der Waals surface area contributed by atoms with Crippen LogP contribution < -0.4 is 8.92 Å². The maximum Gasteiger partial charge on any atom is 0.332 e. The first-order valence-electron chi connectivity index (χ1n) is 5.91. The highest BCUT2D eigenvalue weighted by Crippen LogP contribution is 2.15. The summed E-state index contributed by atoms with van der Waals surface area (Å²) < 4.78 is 33.5.